The minimum absolute atomic E-state index is 0.424. The molecule has 0 radical (unpaired) electrons. The number of anilines is 1. The normalized spacial score (nSPS) is 10.8. The molecule has 0 bridgehead atoms. The van der Waals surface area contributed by atoms with Gasteiger partial charge in [0, 0.05) is 23.4 Å². The molecule has 0 aliphatic carbocycles. The number of nitrogens with two attached hydrogens (primary N) is 2. The molecule has 0 spiro atoms. The summed E-state index contributed by atoms with van der Waals surface area (Å²) < 4.78 is 5.52. The maximum atomic E-state index is 10.9. The highest BCUT2D eigenvalue weighted by atomic mass is 16.5. The highest BCUT2D eigenvalue weighted by Crippen LogP contribution is 2.15. The number of hydrogen-bond donors (Lipinski definition) is 2. The summed E-state index contributed by atoms with van der Waals surface area (Å²) in [5.74, 6) is 0.161. The van der Waals surface area contributed by atoms with E-state index in [1.165, 1.54) is 0 Å². The van der Waals surface area contributed by atoms with Crippen LogP contribution in [0.4, 0.5) is 5.69 Å². The van der Waals surface area contributed by atoms with Crippen LogP contribution in [0.15, 0.2) is 18.2 Å². The van der Waals surface area contributed by atoms with Crippen molar-refractivity contribution >= 4 is 11.6 Å². The lowest BCUT2D eigenvalue weighted by Crippen LogP contribution is -2.12. The number of benzene rings is 1. The summed E-state index contributed by atoms with van der Waals surface area (Å²) in [6.07, 6.45) is 1.03. The molecule has 0 fully saturated rings. The van der Waals surface area contributed by atoms with E-state index in [4.69, 9.17) is 16.2 Å². The molecule has 1 rings (SSSR count). The van der Waals surface area contributed by atoms with E-state index in [1.54, 1.807) is 18.2 Å². The van der Waals surface area contributed by atoms with Crippen LogP contribution in [0.5, 0.6) is 0 Å². The molecular formula is C13H20N2O2. The Morgan fingerprint density at radius 1 is 1.41 bits per heavy atom. The molecule has 94 valence electrons. The van der Waals surface area contributed by atoms with Gasteiger partial charge in [0.1, 0.15) is 0 Å². The summed E-state index contributed by atoms with van der Waals surface area (Å²) in [4.78, 5) is 10.9. The largest absolute Gasteiger partial charge is 0.398 e. The minimum atomic E-state index is -0.469. The van der Waals surface area contributed by atoms with Gasteiger partial charge >= 0.3 is 0 Å². The fourth-order valence-electron chi connectivity index (χ4n) is 1.38. The quantitative estimate of drug-likeness (QED) is 0.585. The Balaban J connectivity index is 2.52. The lowest BCUT2D eigenvalue weighted by atomic mass is 10.1. The molecule has 1 amide bonds. The van der Waals surface area contributed by atoms with Crippen molar-refractivity contribution in [3.05, 3.63) is 29.3 Å². The molecule has 4 heteroatoms. The summed E-state index contributed by atoms with van der Waals surface area (Å²) in [7, 11) is 0. The molecule has 4 nitrogen and oxygen atoms in total. The first-order valence-electron chi connectivity index (χ1n) is 5.76. The van der Waals surface area contributed by atoms with Gasteiger partial charge in [0.15, 0.2) is 0 Å². The monoisotopic (exact) mass is 236 g/mol. The molecule has 0 aliphatic heterocycles. The van der Waals surface area contributed by atoms with Gasteiger partial charge in [-0.05, 0) is 24.5 Å². The average Bonchev–Trinajstić information content (AvgIpc) is 2.25. The topological polar surface area (TPSA) is 78.3 Å². The van der Waals surface area contributed by atoms with Crippen molar-refractivity contribution < 1.29 is 9.53 Å². The van der Waals surface area contributed by atoms with Crippen molar-refractivity contribution in [2.45, 2.75) is 26.9 Å². The molecule has 0 aliphatic rings. The third-order valence-electron chi connectivity index (χ3n) is 2.53. The van der Waals surface area contributed by atoms with E-state index < -0.39 is 5.91 Å². The molecule has 0 atom stereocenters. The van der Waals surface area contributed by atoms with Crippen LogP contribution in [-0.2, 0) is 11.3 Å². The summed E-state index contributed by atoms with van der Waals surface area (Å²) in [5.41, 5.74) is 12.8. The van der Waals surface area contributed by atoms with Crippen molar-refractivity contribution in [1.29, 1.82) is 0 Å². The van der Waals surface area contributed by atoms with Crippen molar-refractivity contribution in [1.82, 2.24) is 0 Å². The number of rotatable bonds is 6. The van der Waals surface area contributed by atoms with Crippen LogP contribution in [0.1, 0.15) is 36.2 Å². The van der Waals surface area contributed by atoms with Gasteiger partial charge in [-0.1, -0.05) is 19.9 Å². The Labute approximate surface area is 102 Å². The number of carbonyl (C=O) groups is 1. The zero-order valence-corrected chi connectivity index (χ0v) is 10.4. The SMILES string of the molecule is CC(C)CCOCc1ccc(C(N)=O)cc1N. The van der Waals surface area contributed by atoms with Gasteiger partial charge in [-0.3, -0.25) is 4.79 Å². The summed E-state index contributed by atoms with van der Waals surface area (Å²) in [5, 5.41) is 0. The van der Waals surface area contributed by atoms with Gasteiger partial charge in [0.2, 0.25) is 5.91 Å². The molecule has 1 aromatic carbocycles. The first kappa shape index (κ1) is 13.5. The lowest BCUT2D eigenvalue weighted by molar-refractivity contribution is 0.0999. The van der Waals surface area contributed by atoms with Gasteiger partial charge in [0.25, 0.3) is 0 Å². The molecule has 0 unspecified atom stereocenters. The smallest absolute Gasteiger partial charge is 0.248 e. The van der Waals surface area contributed by atoms with E-state index in [2.05, 4.69) is 13.8 Å². The standard InChI is InChI=1S/C13H20N2O2/c1-9(2)5-6-17-8-11-4-3-10(13(15)16)7-12(11)14/h3-4,7,9H,5-6,8,14H2,1-2H3,(H2,15,16). The number of carbonyl (C=O) groups excluding carboxylic acids is 1. The molecule has 0 aromatic heterocycles. The van der Waals surface area contributed by atoms with E-state index in [0.29, 0.717) is 30.4 Å². The average molecular weight is 236 g/mol. The number of nitrogen functional groups attached to an aromatic ring is 1. The zero-order chi connectivity index (χ0) is 12.8. The summed E-state index contributed by atoms with van der Waals surface area (Å²) in [6.45, 7) is 5.49. The number of hydrogen-bond acceptors (Lipinski definition) is 3. The maximum absolute atomic E-state index is 10.9. The van der Waals surface area contributed by atoms with Gasteiger partial charge in [-0.25, -0.2) is 0 Å². The summed E-state index contributed by atoms with van der Waals surface area (Å²) in [6, 6.07) is 5.04. The van der Waals surface area contributed by atoms with E-state index >= 15 is 0 Å². The number of ether oxygens (including phenoxy) is 1. The van der Waals surface area contributed by atoms with Gasteiger partial charge in [-0.15, -0.1) is 0 Å². The highest BCUT2D eigenvalue weighted by Gasteiger charge is 2.05. The minimum Gasteiger partial charge on any atom is -0.398 e. The van der Waals surface area contributed by atoms with E-state index in [9.17, 15) is 4.79 Å². The third-order valence-corrected chi connectivity index (χ3v) is 2.53. The third kappa shape index (κ3) is 4.44. The Bertz CT molecular complexity index is 389. The molecule has 0 heterocycles. The molecule has 4 N–H and O–H groups in total. The van der Waals surface area contributed by atoms with Gasteiger partial charge in [0.05, 0.1) is 6.61 Å². The molecule has 0 saturated carbocycles. The number of primary amides is 1. The van der Waals surface area contributed by atoms with Crippen LogP contribution >= 0.6 is 0 Å². The highest BCUT2D eigenvalue weighted by molar-refractivity contribution is 5.93. The van der Waals surface area contributed by atoms with Crippen molar-refractivity contribution in [2.24, 2.45) is 11.7 Å². The van der Waals surface area contributed by atoms with Crippen LogP contribution in [0, 0.1) is 5.92 Å². The molecular weight excluding hydrogens is 216 g/mol. The Hall–Kier alpha value is -1.55. The predicted octanol–water partition coefficient (Wildman–Crippen LogP) is 1.93. The Kier molecular flexibility index (Phi) is 4.97. The van der Waals surface area contributed by atoms with E-state index in [0.717, 1.165) is 12.0 Å². The fraction of sp³-hybridized carbons (Fsp3) is 0.462. The predicted molar refractivity (Wildman–Crippen MR) is 68.5 cm³/mol. The Morgan fingerprint density at radius 3 is 2.65 bits per heavy atom. The number of amides is 1. The van der Waals surface area contributed by atoms with E-state index in [1.807, 2.05) is 0 Å². The van der Waals surface area contributed by atoms with Crippen LogP contribution in [0.25, 0.3) is 0 Å². The van der Waals surface area contributed by atoms with Crippen LogP contribution in [0.3, 0.4) is 0 Å². The first-order valence-corrected chi connectivity index (χ1v) is 5.76. The lowest BCUT2D eigenvalue weighted by Gasteiger charge is -2.09. The van der Waals surface area contributed by atoms with Crippen molar-refractivity contribution in [2.75, 3.05) is 12.3 Å². The molecule has 1 aromatic rings. The van der Waals surface area contributed by atoms with Crippen molar-refractivity contribution in [3.63, 3.8) is 0 Å². The second kappa shape index (κ2) is 6.25. The van der Waals surface area contributed by atoms with Gasteiger partial charge in [-0.2, -0.15) is 0 Å². The first-order chi connectivity index (χ1) is 8.00. The summed E-state index contributed by atoms with van der Waals surface area (Å²) >= 11 is 0. The Morgan fingerprint density at radius 2 is 2.12 bits per heavy atom. The molecule has 0 saturated heterocycles. The van der Waals surface area contributed by atoms with Crippen LogP contribution in [-0.4, -0.2) is 12.5 Å². The zero-order valence-electron chi connectivity index (χ0n) is 10.4. The second-order valence-corrected chi connectivity index (χ2v) is 4.51. The van der Waals surface area contributed by atoms with Crippen molar-refractivity contribution in [3.8, 4) is 0 Å². The van der Waals surface area contributed by atoms with Crippen LogP contribution < -0.4 is 11.5 Å². The molecule has 17 heavy (non-hydrogen) atoms. The van der Waals surface area contributed by atoms with E-state index in [-0.39, 0.29) is 0 Å². The maximum Gasteiger partial charge on any atom is 0.248 e. The van der Waals surface area contributed by atoms with Gasteiger partial charge < -0.3 is 16.2 Å². The van der Waals surface area contributed by atoms with Crippen LogP contribution in [0.2, 0.25) is 0 Å². The second-order valence-electron chi connectivity index (χ2n) is 4.51. The fourth-order valence-corrected chi connectivity index (χ4v) is 1.38.